The quantitative estimate of drug-likeness (QED) is 0.805. The summed E-state index contributed by atoms with van der Waals surface area (Å²) in [6.45, 7) is 5.52. The molecule has 7 heteroatoms. The van der Waals surface area contributed by atoms with Crippen molar-refractivity contribution in [1.29, 1.82) is 0 Å². The Bertz CT molecular complexity index is 746. The Kier molecular flexibility index (Phi) is 5.99. The second-order valence-electron chi connectivity index (χ2n) is 7.49. The van der Waals surface area contributed by atoms with Gasteiger partial charge in [-0.25, -0.2) is 12.7 Å². The largest absolute Gasteiger partial charge is 0.312 e. The Labute approximate surface area is 156 Å². The zero-order chi connectivity index (χ0) is 18.7. The van der Waals surface area contributed by atoms with Crippen LogP contribution in [-0.4, -0.2) is 62.5 Å². The van der Waals surface area contributed by atoms with Gasteiger partial charge in [-0.15, -0.1) is 0 Å². The average molecular weight is 380 g/mol. The molecule has 1 amide bonds. The maximum absolute atomic E-state index is 12.2. The van der Waals surface area contributed by atoms with Crippen molar-refractivity contribution >= 4 is 21.6 Å². The van der Waals surface area contributed by atoms with E-state index in [0.29, 0.717) is 26.1 Å². The lowest BCUT2D eigenvalue weighted by Gasteiger charge is -2.27. The summed E-state index contributed by atoms with van der Waals surface area (Å²) < 4.78 is 25.8. The van der Waals surface area contributed by atoms with Gasteiger partial charge in [0.1, 0.15) is 0 Å². The number of nitrogens with zero attached hydrogens (tertiary/aromatic N) is 3. The van der Waals surface area contributed by atoms with E-state index in [1.54, 1.807) is 16.1 Å². The van der Waals surface area contributed by atoms with Crippen LogP contribution in [0, 0.1) is 5.92 Å². The van der Waals surface area contributed by atoms with Crippen LogP contribution in [0.25, 0.3) is 0 Å². The van der Waals surface area contributed by atoms with E-state index in [-0.39, 0.29) is 5.91 Å². The highest BCUT2D eigenvalue weighted by Gasteiger charge is 2.27. The standard InChI is InChI=1S/C19H29N3O3S/c1-16(23)22-11-5-10-21(26(2,24)25)13-12-20(14-17-8-9-17)15-18-6-3-4-7-19(18)22/h3-4,6-7,17H,5,8-15H2,1-2H3. The third kappa shape index (κ3) is 5.05. The molecule has 6 nitrogen and oxygen atoms in total. The van der Waals surface area contributed by atoms with Gasteiger partial charge in [-0.1, -0.05) is 18.2 Å². The third-order valence-electron chi connectivity index (χ3n) is 5.19. The van der Waals surface area contributed by atoms with Crippen LogP contribution in [0.4, 0.5) is 5.69 Å². The van der Waals surface area contributed by atoms with E-state index in [4.69, 9.17) is 0 Å². The molecular formula is C19H29N3O3S. The van der Waals surface area contributed by atoms with Crippen molar-refractivity contribution < 1.29 is 13.2 Å². The number of carbonyl (C=O) groups excluding carboxylic acids is 1. The molecule has 1 aromatic rings. The molecule has 2 aliphatic rings. The Balaban J connectivity index is 1.90. The molecule has 0 radical (unpaired) electrons. The van der Waals surface area contributed by atoms with Crippen LogP contribution in [0.3, 0.4) is 0 Å². The first-order valence-corrected chi connectivity index (χ1v) is 11.2. The van der Waals surface area contributed by atoms with Gasteiger partial charge in [0.05, 0.1) is 6.26 Å². The number of benzene rings is 1. The van der Waals surface area contributed by atoms with Gasteiger partial charge in [0.2, 0.25) is 15.9 Å². The average Bonchev–Trinajstić information content (AvgIpc) is 3.37. The first kappa shape index (κ1) is 19.3. The van der Waals surface area contributed by atoms with Gasteiger partial charge in [-0.3, -0.25) is 9.69 Å². The SMILES string of the molecule is CC(=O)N1CCCN(S(C)(=O)=O)CCN(CC2CC2)Cc2ccccc21. The highest BCUT2D eigenvalue weighted by molar-refractivity contribution is 7.88. The summed E-state index contributed by atoms with van der Waals surface area (Å²) >= 11 is 0. The van der Waals surface area contributed by atoms with Crippen molar-refractivity contribution in [2.24, 2.45) is 5.92 Å². The topological polar surface area (TPSA) is 60.9 Å². The number of fused-ring (bicyclic) bond motifs is 1. The first-order chi connectivity index (χ1) is 12.3. The highest BCUT2D eigenvalue weighted by atomic mass is 32.2. The summed E-state index contributed by atoms with van der Waals surface area (Å²) in [5.41, 5.74) is 2.09. The predicted octanol–water partition coefficient (Wildman–Crippen LogP) is 1.92. The molecule has 3 rings (SSSR count). The number of anilines is 1. The maximum Gasteiger partial charge on any atom is 0.223 e. The summed E-state index contributed by atoms with van der Waals surface area (Å²) in [7, 11) is -3.24. The number of carbonyl (C=O) groups is 1. The zero-order valence-electron chi connectivity index (χ0n) is 15.7. The normalized spacial score (nSPS) is 21.1. The monoisotopic (exact) mass is 379 g/mol. The fourth-order valence-corrected chi connectivity index (χ4v) is 4.47. The van der Waals surface area contributed by atoms with Gasteiger partial charge < -0.3 is 4.90 Å². The van der Waals surface area contributed by atoms with E-state index >= 15 is 0 Å². The van der Waals surface area contributed by atoms with Crippen LogP contribution in [0.1, 0.15) is 31.7 Å². The molecule has 0 atom stereocenters. The van der Waals surface area contributed by atoms with Crippen LogP contribution < -0.4 is 4.90 Å². The summed E-state index contributed by atoms with van der Waals surface area (Å²) in [6, 6.07) is 8.05. The fraction of sp³-hybridized carbons (Fsp3) is 0.632. The third-order valence-corrected chi connectivity index (χ3v) is 6.50. The summed E-state index contributed by atoms with van der Waals surface area (Å²) in [4.78, 5) is 16.4. The fourth-order valence-electron chi connectivity index (χ4n) is 3.60. The van der Waals surface area contributed by atoms with Crippen molar-refractivity contribution in [1.82, 2.24) is 9.21 Å². The molecule has 0 N–H and O–H groups in total. The number of hydrogen-bond acceptors (Lipinski definition) is 4. The van der Waals surface area contributed by atoms with E-state index in [0.717, 1.165) is 36.8 Å². The molecule has 0 bridgehead atoms. The molecule has 0 saturated heterocycles. The van der Waals surface area contributed by atoms with Crippen LogP contribution in [0.2, 0.25) is 0 Å². The van der Waals surface area contributed by atoms with Crippen LogP contribution in [0.15, 0.2) is 24.3 Å². The number of rotatable bonds is 3. The van der Waals surface area contributed by atoms with Crippen molar-refractivity contribution in [3.8, 4) is 0 Å². The Hall–Kier alpha value is -1.44. The number of sulfonamides is 1. The van der Waals surface area contributed by atoms with Crippen LogP contribution >= 0.6 is 0 Å². The molecule has 1 aromatic carbocycles. The Morgan fingerprint density at radius 3 is 2.50 bits per heavy atom. The summed E-state index contributed by atoms with van der Waals surface area (Å²) in [5, 5.41) is 0. The minimum atomic E-state index is -3.24. The molecule has 0 unspecified atom stereocenters. The molecule has 1 aliphatic heterocycles. The molecule has 0 spiro atoms. The summed E-state index contributed by atoms with van der Waals surface area (Å²) in [6.07, 6.45) is 4.42. The van der Waals surface area contributed by atoms with Gasteiger partial charge in [-0.05, 0) is 36.8 Å². The van der Waals surface area contributed by atoms with Gasteiger partial charge in [-0.2, -0.15) is 0 Å². The zero-order valence-corrected chi connectivity index (χ0v) is 16.5. The van der Waals surface area contributed by atoms with E-state index < -0.39 is 10.0 Å². The molecular weight excluding hydrogens is 350 g/mol. The van der Waals surface area contributed by atoms with Crippen LogP contribution in [0.5, 0.6) is 0 Å². The number of amides is 1. The van der Waals surface area contributed by atoms with Gasteiger partial charge in [0.25, 0.3) is 0 Å². The molecule has 1 saturated carbocycles. The lowest BCUT2D eigenvalue weighted by atomic mass is 10.1. The molecule has 0 aromatic heterocycles. The van der Waals surface area contributed by atoms with Gasteiger partial charge in [0.15, 0.2) is 0 Å². The highest BCUT2D eigenvalue weighted by Crippen LogP contribution is 2.31. The molecule has 1 heterocycles. The van der Waals surface area contributed by atoms with Gasteiger partial charge >= 0.3 is 0 Å². The molecule has 1 aliphatic carbocycles. The Morgan fingerprint density at radius 2 is 1.85 bits per heavy atom. The minimum absolute atomic E-state index is 0.00338. The molecule has 144 valence electrons. The van der Waals surface area contributed by atoms with Gasteiger partial charge in [0, 0.05) is 51.9 Å². The number of hydrogen-bond donors (Lipinski definition) is 0. The van der Waals surface area contributed by atoms with Crippen molar-refractivity contribution in [2.75, 3.05) is 43.9 Å². The molecule has 26 heavy (non-hydrogen) atoms. The van der Waals surface area contributed by atoms with Crippen LogP contribution in [-0.2, 0) is 21.4 Å². The second kappa shape index (κ2) is 8.06. The smallest absolute Gasteiger partial charge is 0.223 e. The Morgan fingerprint density at radius 1 is 1.12 bits per heavy atom. The van der Waals surface area contributed by atoms with Crippen molar-refractivity contribution in [2.45, 2.75) is 32.7 Å². The molecule has 1 fully saturated rings. The first-order valence-electron chi connectivity index (χ1n) is 9.38. The second-order valence-corrected chi connectivity index (χ2v) is 9.48. The predicted molar refractivity (Wildman–Crippen MR) is 104 cm³/mol. The minimum Gasteiger partial charge on any atom is -0.312 e. The van der Waals surface area contributed by atoms with E-state index in [9.17, 15) is 13.2 Å². The van der Waals surface area contributed by atoms with E-state index in [1.165, 1.54) is 19.1 Å². The van der Waals surface area contributed by atoms with E-state index in [2.05, 4.69) is 11.0 Å². The van der Waals surface area contributed by atoms with E-state index in [1.807, 2.05) is 18.2 Å². The maximum atomic E-state index is 12.2. The summed E-state index contributed by atoms with van der Waals surface area (Å²) in [5.74, 6) is 0.722. The van der Waals surface area contributed by atoms with Crippen molar-refractivity contribution in [3.63, 3.8) is 0 Å². The lowest BCUT2D eigenvalue weighted by molar-refractivity contribution is -0.116. The van der Waals surface area contributed by atoms with Crippen molar-refractivity contribution in [3.05, 3.63) is 29.8 Å². The lowest BCUT2D eigenvalue weighted by Crippen LogP contribution is -2.39. The number of para-hydroxylation sites is 1.